The molecule has 5 nitrogen and oxygen atoms in total. The van der Waals surface area contributed by atoms with E-state index < -0.39 is 10.7 Å². The number of rotatable bonds is 3. The number of halogens is 3. The van der Waals surface area contributed by atoms with Gasteiger partial charge in [0, 0.05) is 12.1 Å². The van der Waals surface area contributed by atoms with Crippen molar-refractivity contribution < 1.29 is 14.1 Å². The van der Waals surface area contributed by atoms with Gasteiger partial charge in [0.05, 0.1) is 9.40 Å². The van der Waals surface area contributed by atoms with E-state index in [1.165, 1.54) is 12.1 Å². The number of benzene rings is 1. The van der Waals surface area contributed by atoms with Crippen LogP contribution < -0.4 is 4.74 Å². The summed E-state index contributed by atoms with van der Waals surface area (Å²) in [6.07, 6.45) is 1.01. The molecule has 0 fully saturated rings. The summed E-state index contributed by atoms with van der Waals surface area (Å²) in [5.74, 6) is -0.363. The molecule has 19 heavy (non-hydrogen) atoms. The fourth-order valence-electron chi connectivity index (χ4n) is 1.25. The van der Waals surface area contributed by atoms with Crippen LogP contribution in [0.2, 0.25) is 5.02 Å². The van der Waals surface area contributed by atoms with Crippen molar-refractivity contribution in [2.45, 2.75) is 0 Å². The number of hydrogen-bond donors (Lipinski definition) is 0. The zero-order valence-electron chi connectivity index (χ0n) is 9.14. The van der Waals surface area contributed by atoms with E-state index in [4.69, 9.17) is 16.3 Å². The standard InChI is InChI=1S/C11H5BrClFN2O3/c12-8-2-1-6(14)3-10(8)19-11-9(13)4-7(5-15-11)16(17)18/h1-5H. The highest BCUT2D eigenvalue weighted by Crippen LogP contribution is 2.33. The van der Waals surface area contributed by atoms with Gasteiger partial charge in [-0.25, -0.2) is 9.37 Å². The van der Waals surface area contributed by atoms with E-state index in [9.17, 15) is 14.5 Å². The normalized spacial score (nSPS) is 10.3. The largest absolute Gasteiger partial charge is 0.436 e. The highest BCUT2D eigenvalue weighted by molar-refractivity contribution is 9.10. The molecule has 2 rings (SSSR count). The Labute approximate surface area is 120 Å². The maximum Gasteiger partial charge on any atom is 0.289 e. The molecule has 0 radical (unpaired) electrons. The summed E-state index contributed by atoms with van der Waals surface area (Å²) < 4.78 is 18.9. The van der Waals surface area contributed by atoms with Gasteiger partial charge in [0.25, 0.3) is 5.69 Å². The predicted octanol–water partition coefficient (Wildman–Crippen LogP) is 4.34. The summed E-state index contributed by atoms with van der Waals surface area (Å²) in [7, 11) is 0. The van der Waals surface area contributed by atoms with Crippen LogP contribution in [0.3, 0.4) is 0 Å². The van der Waals surface area contributed by atoms with Crippen LogP contribution in [0.1, 0.15) is 0 Å². The Hall–Kier alpha value is -1.73. The number of ether oxygens (including phenoxy) is 1. The Balaban J connectivity index is 2.33. The summed E-state index contributed by atoms with van der Waals surface area (Å²) in [6, 6.07) is 4.96. The molecule has 0 N–H and O–H groups in total. The van der Waals surface area contributed by atoms with Gasteiger partial charge in [0.2, 0.25) is 5.88 Å². The molecule has 1 aromatic heterocycles. The maximum absolute atomic E-state index is 13.1. The molecule has 0 saturated heterocycles. The fraction of sp³-hybridized carbons (Fsp3) is 0. The maximum atomic E-state index is 13.1. The SMILES string of the molecule is O=[N+]([O-])c1cnc(Oc2cc(F)ccc2Br)c(Cl)c1. The second-order valence-electron chi connectivity index (χ2n) is 3.41. The predicted molar refractivity (Wildman–Crippen MR) is 70.1 cm³/mol. The van der Waals surface area contributed by atoms with Crippen LogP contribution in [-0.2, 0) is 0 Å². The number of aromatic nitrogens is 1. The first-order valence-electron chi connectivity index (χ1n) is 4.90. The van der Waals surface area contributed by atoms with Crippen LogP contribution >= 0.6 is 27.5 Å². The monoisotopic (exact) mass is 346 g/mol. The van der Waals surface area contributed by atoms with E-state index in [0.29, 0.717) is 4.47 Å². The van der Waals surface area contributed by atoms with Crippen molar-refractivity contribution in [3.05, 3.63) is 55.9 Å². The van der Waals surface area contributed by atoms with Gasteiger partial charge in [0.1, 0.15) is 22.8 Å². The van der Waals surface area contributed by atoms with Crippen LogP contribution in [0.15, 0.2) is 34.9 Å². The van der Waals surface area contributed by atoms with Crippen LogP contribution in [0.25, 0.3) is 0 Å². The lowest BCUT2D eigenvalue weighted by molar-refractivity contribution is -0.385. The summed E-state index contributed by atoms with van der Waals surface area (Å²) >= 11 is 8.99. The van der Waals surface area contributed by atoms with Gasteiger partial charge in [-0.2, -0.15) is 0 Å². The van der Waals surface area contributed by atoms with Crippen LogP contribution in [0.5, 0.6) is 11.6 Å². The molecular weight excluding hydrogens is 342 g/mol. The minimum absolute atomic E-state index is 0.0367. The molecule has 2 aromatic rings. The van der Waals surface area contributed by atoms with Gasteiger partial charge in [-0.15, -0.1) is 0 Å². The molecule has 0 unspecified atom stereocenters. The van der Waals surface area contributed by atoms with Crippen molar-refractivity contribution >= 4 is 33.2 Å². The Morgan fingerprint density at radius 3 is 2.79 bits per heavy atom. The highest BCUT2D eigenvalue weighted by Gasteiger charge is 2.14. The molecule has 0 atom stereocenters. The third-order valence-electron chi connectivity index (χ3n) is 2.10. The Morgan fingerprint density at radius 2 is 2.16 bits per heavy atom. The highest BCUT2D eigenvalue weighted by atomic mass is 79.9. The molecule has 0 bridgehead atoms. The second-order valence-corrected chi connectivity index (χ2v) is 4.68. The molecule has 0 aliphatic rings. The quantitative estimate of drug-likeness (QED) is 0.612. The molecule has 0 aliphatic carbocycles. The smallest absolute Gasteiger partial charge is 0.289 e. The molecule has 0 amide bonds. The van der Waals surface area contributed by atoms with E-state index in [-0.39, 0.29) is 22.3 Å². The Kier molecular flexibility index (Phi) is 3.96. The Morgan fingerprint density at radius 1 is 1.42 bits per heavy atom. The zero-order valence-corrected chi connectivity index (χ0v) is 11.5. The minimum Gasteiger partial charge on any atom is -0.436 e. The van der Waals surface area contributed by atoms with Gasteiger partial charge >= 0.3 is 0 Å². The molecule has 0 spiro atoms. The van der Waals surface area contributed by atoms with Crippen molar-refractivity contribution in [3.63, 3.8) is 0 Å². The minimum atomic E-state index is -0.624. The van der Waals surface area contributed by atoms with Gasteiger partial charge in [-0.1, -0.05) is 11.6 Å². The summed E-state index contributed by atoms with van der Waals surface area (Å²) in [6.45, 7) is 0. The van der Waals surface area contributed by atoms with Gasteiger partial charge < -0.3 is 4.74 Å². The van der Waals surface area contributed by atoms with Gasteiger partial charge in [-0.3, -0.25) is 10.1 Å². The van der Waals surface area contributed by atoms with E-state index in [1.54, 1.807) is 0 Å². The van der Waals surface area contributed by atoms with E-state index in [0.717, 1.165) is 18.3 Å². The molecule has 1 heterocycles. The summed E-state index contributed by atoms with van der Waals surface area (Å²) in [4.78, 5) is 13.6. The number of nitro groups is 1. The topological polar surface area (TPSA) is 65.3 Å². The van der Waals surface area contributed by atoms with Gasteiger partial charge in [-0.05, 0) is 28.1 Å². The molecular formula is C11H5BrClFN2O3. The zero-order chi connectivity index (χ0) is 14.0. The molecule has 1 aromatic carbocycles. The van der Waals surface area contributed by atoms with Crippen molar-refractivity contribution in [2.24, 2.45) is 0 Å². The molecule has 0 saturated carbocycles. The van der Waals surface area contributed by atoms with Crippen LogP contribution in [0, 0.1) is 15.9 Å². The first-order chi connectivity index (χ1) is 8.97. The van der Waals surface area contributed by atoms with Crippen molar-refractivity contribution in [2.75, 3.05) is 0 Å². The number of nitrogens with zero attached hydrogens (tertiary/aromatic N) is 2. The fourth-order valence-corrected chi connectivity index (χ4v) is 1.78. The van der Waals surface area contributed by atoms with Crippen molar-refractivity contribution in [1.29, 1.82) is 0 Å². The molecule has 0 aliphatic heterocycles. The first kappa shape index (κ1) is 13.7. The summed E-state index contributed by atoms with van der Waals surface area (Å²) in [5, 5.41) is 10.5. The lowest BCUT2D eigenvalue weighted by Crippen LogP contribution is -1.94. The first-order valence-corrected chi connectivity index (χ1v) is 6.07. The Bertz CT molecular complexity index is 654. The van der Waals surface area contributed by atoms with E-state index in [1.807, 2.05) is 0 Å². The van der Waals surface area contributed by atoms with Crippen molar-refractivity contribution in [3.8, 4) is 11.6 Å². The number of hydrogen-bond acceptors (Lipinski definition) is 4. The molecule has 8 heteroatoms. The average Bonchev–Trinajstić information content (AvgIpc) is 2.36. The number of pyridine rings is 1. The lowest BCUT2D eigenvalue weighted by Gasteiger charge is -2.07. The lowest BCUT2D eigenvalue weighted by atomic mass is 10.3. The van der Waals surface area contributed by atoms with Crippen LogP contribution in [-0.4, -0.2) is 9.91 Å². The van der Waals surface area contributed by atoms with Gasteiger partial charge in [0.15, 0.2) is 0 Å². The van der Waals surface area contributed by atoms with E-state index in [2.05, 4.69) is 20.9 Å². The van der Waals surface area contributed by atoms with Crippen molar-refractivity contribution in [1.82, 2.24) is 4.98 Å². The third-order valence-corrected chi connectivity index (χ3v) is 3.03. The molecule has 98 valence electrons. The van der Waals surface area contributed by atoms with E-state index >= 15 is 0 Å². The second kappa shape index (κ2) is 5.50. The van der Waals surface area contributed by atoms with Crippen LogP contribution in [0.4, 0.5) is 10.1 Å². The average molecular weight is 348 g/mol. The third kappa shape index (κ3) is 3.18. The summed E-state index contributed by atoms with van der Waals surface area (Å²) in [5.41, 5.74) is -0.254.